The van der Waals surface area contributed by atoms with Crippen molar-refractivity contribution >= 4 is 23.2 Å². The minimum Gasteiger partial charge on any atom is -0.329 e. The van der Waals surface area contributed by atoms with Gasteiger partial charge in [0.1, 0.15) is 0 Å². The van der Waals surface area contributed by atoms with Gasteiger partial charge < -0.3 is 5.73 Å². The first-order chi connectivity index (χ1) is 8.15. The van der Waals surface area contributed by atoms with E-state index in [4.69, 9.17) is 28.9 Å². The number of rotatable bonds is 6. The SMILES string of the molecule is CCCN(CC)C(CN)c1cccc(Cl)c1Cl. The van der Waals surface area contributed by atoms with Gasteiger partial charge in [-0.2, -0.15) is 0 Å². The van der Waals surface area contributed by atoms with E-state index in [0.29, 0.717) is 16.6 Å². The average molecular weight is 275 g/mol. The molecule has 0 spiro atoms. The topological polar surface area (TPSA) is 29.3 Å². The molecule has 0 aromatic heterocycles. The number of nitrogens with zero attached hydrogens (tertiary/aromatic N) is 1. The Kier molecular flexibility index (Phi) is 6.28. The van der Waals surface area contributed by atoms with Crippen LogP contribution in [-0.4, -0.2) is 24.5 Å². The molecule has 17 heavy (non-hydrogen) atoms. The van der Waals surface area contributed by atoms with Crippen molar-refractivity contribution in [3.63, 3.8) is 0 Å². The molecular weight excluding hydrogens is 255 g/mol. The van der Waals surface area contributed by atoms with E-state index in [0.717, 1.165) is 25.1 Å². The maximum absolute atomic E-state index is 6.25. The largest absolute Gasteiger partial charge is 0.329 e. The molecule has 4 heteroatoms. The van der Waals surface area contributed by atoms with E-state index in [-0.39, 0.29) is 6.04 Å². The van der Waals surface area contributed by atoms with Crippen LogP contribution >= 0.6 is 23.2 Å². The summed E-state index contributed by atoms with van der Waals surface area (Å²) in [6.45, 7) is 6.82. The summed E-state index contributed by atoms with van der Waals surface area (Å²) in [7, 11) is 0. The molecule has 0 radical (unpaired) electrons. The van der Waals surface area contributed by atoms with E-state index >= 15 is 0 Å². The summed E-state index contributed by atoms with van der Waals surface area (Å²) in [4.78, 5) is 2.33. The zero-order valence-electron chi connectivity index (χ0n) is 10.4. The van der Waals surface area contributed by atoms with Crippen molar-refractivity contribution in [1.82, 2.24) is 4.90 Å². The van der Waals surface area contributed by atoms with Gasteiger partial charge in [-0.1, -0.05) is 49.2 Å². The summed E-state index contributed by atoms with van der Waals surface area (Å²) in [6.07, 6.45) is 1.10. The fraction of sp³-hybridized carbons (Fsp3) is 0.538. The lowest BCUT2D eigenvalue weighted by atomic mass is 10.0. The maximum atomic E-state index is 6.25. The summed E-state index contributed by atoms with van der Waals surface area (Å²) in [6, 6.07) is 5.87. The van der Waals surface area contributed by atoms with Crippen molar-refractivity contribution in [2.24, 2.45) is 5.73 Å². The zero-order valence-corrected chi connectivity index (χ0v) is 11.9. The standard InChI is InChI=1S/C13H20Cl2N2/c1-3-8-17(4-2)12(9-16)10-6-5-7-11(14)13(10)15/h5-7,12H,3-4,8-9,16H2,1-2H3. The first kappa shape index (κ1) is 14.8. The van der Waals surface area contributed by atoms with Crippen LogP contribution in [0.4, 0.5) is 0 Å². The van der Waals surface area contributed by atoms with Gasteiger partial charge in [-0.05, 0) is 31.1 Å². The van der Waals surface area contributed by atoms with Gasteiger partial charge >= 0.3 is 0 Å². The van der Waals surface area contributed by atoms with Crippen LogP contribution in [0.25, 0.3) is 0 Å². The normalized spacial score (nSPS) is 13.1. The Morgan fingerprint density at radius 2 is 2.00 bits per heavy atom. The van der Waals surface area contributed by atoms with Crippen LogP contribution in [0.3, 0.4) is 0 Å². The van der Waals surface area contributed by atoms with Crippen molar-refractivity contribution in [3.8, 4) is 0 Å². The monoisotopic (exact) mass is 274 g/mol. The van der Waals surface area contributed by atoms with Gasteiger partial charge in [-0.3, -0.25) is 4.90 Å². The second-order valence-electron chi connectivity index (χ2n) is 4.02. The molecule has 0 bridgehead atoms. The highest BCUT2D eigenvalue weighted by molar-refractivity contribution is 6.42. The molecule has 0 saturated heterocycles. The Hall–Kier alpha value is -0.280. The maximum Gasteiger partial charge on any atom is 0.0640 e. The predicted molar refractivity (Wildman–Crippen MR) is 75.8 cm³/mol. The molecule has 1 aromatic carbocycles. The van der Waals surface area contributed by atoms with Crippen molar-refractivity contribution in [3.05, 3.63) is 33.8 Å². The summed E-state index contributed by atoms with van der Waals surface area (Å²) in [5, 5.41) is 1.22. The first-order valence-corrected chi connectivity index (χ1v) is 6.79. The molecule has 1 aromatic rings. The highest BCUT2D eigenvalue weighted by Gasteiger charge is 2.20. The third-order valence-corrected chi connectivity index (χ3v) is 3.76. The van der Waals surface area contributed by atoms with Crippen LogP contribution in [0.2, 0.25) is 10.0 Å². The fourth-order valence-electron chi connectivity index (χ4n) is 2.07. The van der Waals surface area contributed by atoms with Crippen LogP contribution in [0.5, 0.6) is 0 Å². The van der Waals surface area contributed by atoms with Crippen molar-refractivity contribution in [1.29, 1.82) is 0 Å². The molecule has 0 amide bonds. The number of hydrogen-bond donors (Lipinski definition) is 1. The second-order valence-corrected chi connectivity index (χ2v) is 4.81. The van der Waals surface area contributed by atoms with E-state index in [1.807, 2.05) is 12.1 Å². The van der Waals surface area contributed by atoms with E-state index in [1.165, 1.54) is 0 Å². The van der Waals surface area contributed by atoms with E-state index < -0.39 is 0 Å². The molecule has 0 aliphatic rings. The Balaban J connectivity index is 3.03. The molecule has 2 nitrogen and oxygen atoms in total. The van der Waals surface area contributed by atoms with Gasteiger partial charge in [0.25, 0.3) is 0 Å². The zero-order chi connectivity index (χ0) is 12.8. The molecule has 2 N–H and O–H groups in total. The molecule has 0 aliphatic heterocycles. The Bertz CT molecular complexity index is 355. The fourth-order valence-corrected chi connectivity index (χ4v) is 2.51. The highest BCUT2D eigenvalue weighted by Crippen LogP contribution is 2.32. The summed E-state index contributed by atoms with van der Waals surface area (Å²) in [5.74, 6) is 0. The molecule has 0 aliphatic carbocycles. The van der Waals surface area contributed by atoms with Crippen LogP contribution in [0.1, 0.15) is 31.9 Å². The molecular formula is C13H20Cl2N2. The van der Waals surface area contributed by atoms with Gasteiger partial charge in [0.2, 0.25) is 0 Å². The van der Waals surface area contributed by atoms with Crippen LogP contribution in [0, 0.1) is 0 Å². The van der Waals surface area contributed by atoms with Crippen LogP contribution in [-0.2, 0) is 0 Å². The van der Waals surface area contributed by atoms with E-state index in [2.05, 4.69) is 18.7 Å². The summed E-state index contributed by atoms with van der Waals surface area (Å²) >= 11 is 12.3. The number of halogens is 2. The molecule has 96 valence electrons. The smallest absolute Gasteiger partial charge is 0.0640 e. The predicted octanol–water partition coefficient (Wildman–Crippen LogP) is 3.73. The Labute approximate surface area is 114 Å². The van der Waals surface area contributed by atoms with Gasteiger partial charge in [0.15, 0.2) is 0 Å². The average Bonchev–Trinajstić information content (AvgIpc) is 2.34. The summed E-state index contributed by atoms with van der Waals surface area (Å²) < 4.78 is 0. The molecule has 1 unspecified atom stereocenters. The second kappa shape index (κ2) is 7.22. The molecule has 1 atom stereocenters. The van der Waals surface area contributed by atoms with Crippen molar-refractivity contribution in [2.75, 3.05) is 19.6 Å². The third kappa shape index (κ3) is 3.59. The minimum atomic E-state index is 0.145. The van der Waals surface area contributed by atoms with Gasteiger partial charge in [-0.25, -0.2) is 0 Å². The Morgan fingerprint density at radius 3 is 2.53 bits per heavy atom. The number of benzene rings is 1. The third-order valence-electron chi connectivity index (χ3n) is 2.92. The van der Waals surface area contributed by atoms with Crippen LogP contribution in [0.15, 0.2) is 18.2 Å². The van der Waals surface area contributed by atoms with Gasteiger partial charge in [-0.15, -0.1) is 0 Å². The molecule has 0 heterocycles. The quantitative estimate of drug-likeness (QED) is 0.857. The lowest BCUT2D eigenvalue weighted by Gasteiger charge is -2.30. The van der Waals surface area contributed by atoms with Gasteiger partial charge in [0, 0.05) is 12.6 Å². The van der Waals surface area contributed by atoms with Crippen LogP contribution < -0.4 is 5.73 Å². The molecule has 0 saturated carbocycles. The molecule has 1 rings (SSSR count). The Morgan fingerprint density at radius 1 is 1.29 bits per heavy atom. The molecule has 0 fully saturated rings. The van der Waals surface area contributed by atoms with E-state index in [1.54, 1.807) is 6.07 Å². The lowest BCUT2D eigenvalue weighted by molar-refractivity contribution is 0.213. The van der Waals surface area contributed by atoms with Crippen molar-refractivity contribution < 1.29 is 0 Å². The number of hydrogen-bond acceptors (Lipinski definition) is 2. The number of likely N-dealkylation sites (N-methyl/N-ethyl adjacent to an activating group) is 1. The lowest BCUT2D eigenvalue weighted by Crippen LogP contribution is -2.34. The highest BCUT2D eigenvalue weighted by atomic mass is 35.5. The first-order valence-electron chi connectivity index (χ1n) is 6.03. The summed E-state index contributed by atoms with van der Waals surface area (Å²) in [5.41, 5.74) is 6.91. The van der Waals surface area contributed by atoms with Crippen molar-refractivity contribution in [2.45, 2.75) is 26.3 Å². The van der Waals surface area contributed by atoms with E-state index in [9.17, 15) is 0 Å². The van der Waals surface area contributed by atoms with Gasteiger partial charge in [0.05, 0.1) is 10.0 Å². The minimum absolute atomic E-state index is 0.145. The number of nitrogens with two attached hydrogens (primary N) is 1.